The number of ether oxygens (including phenoxy) is 1. The molecule has 7 heteroatoms. The summed E-state index contributed by atoms with van der Waals surface area (Å²) in [6, 6.07) is 21.7. The zero-order chi connectivity index (χ0) is 21.8. The van der Waals surface area contributed by atoms with E-state index in [-0.39, 0.29) is 18.3 Å². The molecule has 3 nitrogen and oxygen atoms in total. The van der Waals surface area contributed by atoms with Gasteiger partial charge in [-0.05, 0) is 35.9 Å². The number of halogens is 2. The molecule has 1 amide bonds. The smallest absolute Gasteiger partial charge is 0.266 e. The summed E-state index contributed by atoms with van der Waals surface area (Å²) in [5.74, 6) is 0.0987. The number of hydrogen-bond acceptors (Lipinski definition) is 4. The average molecular weight is 514 g/mol. The Morgan fingerprint density at radius 1 is 1.06 bits per heavy atom. The van der Waals surface area contributed by atoms with E-state index in [4.69, 9.17) is 17.0 Å². The zero-order valence-corrected chi connectivity index (χ0v) is 19.5. The predicted molar refractivity (Wildman–Crippen MR) is 130 cm³/mol. The first kappa shape index (κ1) is 21.7. The number of carbonyl (C=O) groups excluding carboxylic acids is 1. The summed E-state index contributed by atoms with van der Waals surface area (Å²) in [4.78, 5) is 15.1. The van der Waals surface area contributed by atoms with Gasteiger partial charge in [0.15, 0.2) is 0 Å². The fourth-order valence-corrected chi connectivity index (χ4v) is 4.70. The Hall–Kier alpha value is -2.48. The van der Waals surface area contributed by atoms with Crippen molar-refractivity contribution < 1.29 is 13.9 Å². The van der Waals surface area contributed by atoms with Crippen LogP contribution in [0, 0.1) is 5.82 Å². The number of amides is 1. The van der Waals surface area contributed by atoms with Gasteiger partial charge in [0.05, 0.1) is 11.4 Å². The van der Waals surface area contributed by atoms with Gasteiger partial charge in [-0.15, -0.1) is 0 Å². The molecule has 0 unspecified atom stereocenters. The van der Waals surface area contributed by atoms with Crippen molar-refractivity contribution in [2.75, 3.05) is 0 Å². The number of thiocarbonyl (C=S) groups is 1. The average Bonchev–Trinajstić information content (AvgIpc) is 3.02. The van der Waals surface area contributed by atoms with Gasteiger partial charge >= 0.3 is 0 Å². The molecule has 1 aliphatic heterocycles. The van der Waals surface area contributed by atoms with Crippen LogP contribution in [0.3, 0.4) is 0 Å². The largest absolute Gasteiger partial charge is 0.488 e. The first-order valence-corrected chi connectivity index (χ1v) is 11.5. The normalized spacial score (nSPS) is 15.0. The first-order valence-electron chi connectivity index (χ1n) is 9.46. The van der Waals surface area contributed by atoms with Crippen LogP contribution in [0.1, 0.15) is 16.7 Å². The van der Waals surface area contributed by atoms with E-state index in [0.29, 0.717) is 32.6 Å². The van der Waals surface area contributed by atoms with E-state index < -0.39 is 0 Å². The van der Waals surface area contributed by atoms with Gasteiger partial charge in [0, 0.05) is 15.6 Å². The van der Waals surface area contributed by atoms with Crippen molar-refractivity contribution in [2.45, 2.75) is 13.2 Å². The molecule has 0 bridgehead atoms. The highest BCUT2D eigenvalue weighted by atomic mass is 79.9. The molecule has 4 rings (SSSR count). The van der Waals surface area contributed by atoms with Crippen molar-refractivity contribution in [3.05, 3.63) is 105 Å². The molecule has 0 aromatic heterocycles. The van der Waals surface area contributed by atoms with Crippen molar-refractivity contribution in [3.8, 4) is 5.75 Å². The van der Waals surface area contributed by atoms with Crippen LogP contribution in [0.25, 0.3) is 6.08 Å². The highest BCUT2D eigenvalue weighted by molar-refractivity contribution is 9.10. The molecule has 0 radical (unpaired) electrons. The molecule has 1 aliphatic rings. The van der Waals surface area contributed by atoms with Crippen molar-refractivity contribution in [1.82, 2.24) is 4.90 Å². The molecular formula is C24H17BrFNO2S2. The number of nitrogens with zero attached hydrogens (tertiary/aromatic N) is 1. The molecule has 0 atom stereocenters. The zero-order valence-electron chi connectivity index (χ0n) is 16.3. The van der Waals surface area contributed by atoms with Gasteiger partial charge in [0.2, 0.25) is 0 Å². The molecule has 0 spiro atoms. The second-order valence-electron chi connectivity index (χ2n) is 6.82. The van der Waals surface area contributed by atoms with Crippen molar-refractivity contribution >= 4 is 56.2 Å². The lowest BCUT2D eigenvalue weighted by atomic mass is 10.1. The van der Waals surface area contributed by atoms with Gasteiger partial charge in [-0.3, -0.25) is 9.69 Å². The molecule has 3 aromatic carbocycles. The number of rotatable bonds is 6. The molecule has 31 heavy (non-hydrogen) atoms. The fraction of sp³-hybridized carbons (Fsp3) is 0.0833. The predicted octanol–water partition coefficient (Wildman–Crippen LogP) is 6.57. The van der Waals surface area contributed by atoms with Crippen LogP contribution in [0.15, 0.2) is 82.2 Å². The van der Waals surface area contributed by atoms with Crippen LogP contribution < -0.4 is 4.74 Å². The van der Waals surface area contributed by atoms with Crippen LogP contribution in [0.5, 0.6) is 5.75 Å². The van der Waals surface area contributed by atoms with Crippen LogP contribution in [0.4, 0.5) is 4.39 Å². The van der Waals surface area contributed by atoms with Gasteiger partial charge in [-0.1, -0.05) is 88.4 Å². The second kappa shape index (κ2) is 9.77. The third-order valence-electron chi connectivity index (χ3n) is 4.66. The standard InChI is InChI=1S/C24H17BrFNO2S2/c25-19-10-11-21(29-15-17-8-4-5-9-20(17)26)18(12-19)13-22-23(28)27(24(30)31-22)14-16-6-2-1-3-7-16/h1-13H,14-15H2/b22-13+. The number of thioether (sulfide) groups is 1. The Morgan fingerprint density at radius 3 is 2.58 bits per heavy atom. The molecule has 0 aliphatic carbocycles. The maximum absolute atomic E-state index is 13.9. The van der Waals surface area contributed by atoms with E-state index in [2.05, 4.69) is 15.9 Å². The third kappa shape index (κ3) is 5.23. The summed E-state index contributed by atoms with van der Waals surface area (Å²) in [5, 5.41) is 0. The topological polar surface area (TPSA) is 29.5 Å². The quantitative estimate of drug-likeness (QED) is 0.275. The number of carbonyl (C=O) groups is 1. The monoisotopic (exact) mass is 513 g/mol. The third-order valence-corrected chi connectivity index (χ3v) is 6.53. The first-order chi connectivity index (χ1) is 15.0. The highest BCUT2D eigenvalue weighted by Gasteiger charge is 2.32. The summed E-state index contributed by atoms with van der Waals surface area (Å²) >= 11 is 10.2. The van der Waals surface area contributed by atoms with Crippen LogP contribution in [-0.4, -0.2) is 15.1 Å². The molecule has 1 fully saturated rings. The van der Waals surface area contributed by atoms with Crippen LogP contribution >= 0.6 is 39.9 Å². The summed E-state index contributed by atoms with van der Waals surface area (Å²) < 4.78 is 21.2. The Kier molecular flexibility index (Phi) is 6.85. The minimum Gasteiger partial charge on any atom is -0.488 e. The second-order valence-corrected chi connectivity index (χ2v) is 9.41. The van der Waals surface area contributed by atoms with Gasteiger partial charge in [-0.25, -0.2) is 4.39 Å². The van der Waals surface area contributed by atoms with Gasteiger partial charge < -0.3 is 4.74 Å². The maximum Gasteiger partial charge on any atom is 0.266 e. The fourth-order valence-electron chi connectivity index (χ4n) is 3.08. The lowest BCUT2D eigenvalue weighted by molar-refractivity contribution is -0.122. The van der Waals surface area contributed by atoms with Crippen molar-refractivity contribution in [1.29, 1.82) is 0 Å². The lowest BCUT2D eigenvalue weighted by Crippen LogP contribution is -2.27. The molecule has 156 valence electrons. The van der Waals surface area contributed by atoms with Gasteiger partial charge in [0.1, 0.15) is 22.5 Å². The van der Waals surface area contributed by atoms with E-state index in [1.807, 2.05) is 42.5 Å². The summed E-state index contributed by atoms with van der Waals surface area (Å²) in [6.45, 7) is 0.516. The molecule has 3 aromatic rings. The highest BCUT2D eigenvalue weighted by Crippen LogP contribution is 2.36. The van der Waals surface area contributed by atoms with E-state index in [0.717, 1.165) is 10.0 Å². The Bertz CT molecular complexity index is 1170. The molecular weight excluding hydrogens is 497 g/mol. The van der Waals surface area contributed by atoms with E-state index in [1.54, 1.807) is 35.2 Å². The van der Waals surface area contributed by atoms with E-state index in [9.17, 15) is 9.18 Å². The molecule has 1 saturated heterocycles. The molecule has 1 heterocycles. The van der Waals surface area contributed by atoms with Crippen molar-refractivity contribution in [2.24, 2.45) is 0 Å². The minimum absolute atomic E-state index is 0.0874. The Morgan fingerprint density at radius 2 is 1.81 bits per heavy atom. The summed E-state index contributed by atoms with van der Waals surface area (Å²) in [6.07, 6.45) is 1.77. The molecule has 0 saturated carbocycles. The van der Waals surface area contributed by atoms with Gasteiger partial charge in [-0.2, -0.15) is 0 Å². The van der Waals surface area contributed by atoms with Crippen molar-refractivity contribution in [3.63, 3.8) is 0 Å². The van der Waals surface area contributed by atoms with Crippen LogP contribution in [0.2, 0.25) is 0 Å². The van der Waals surface area contributed by atoms with E-state index >= 15 is 0 Å². The minimum atomic E-state index is -0.317. The number of benzene rings is 3. The van der Waals surface area contributed by atoms with Gasteiger partial charge in [0.25, 0.3) is 5.91 Å². The SMILES string of the molecule is O=C1/C(=C\c2cc(Br)ccc2OCc2ccccc2F)SC(=S)N1Cc1ccccc1. The van der Waals surface area contributed by atoms with E-state index in [1.165, 1.54) is 17.8 Å². The Labute approximate surface area is 198 Å². The Balaban J connectivity index is 1.56. The molecule has 0 N–H and O–H groups in total. The summed E-state index contributed by atoms with van der Waals surface area (Å²) in [7, 11) is 0. The van der Waals surface area contributed by atoms with Crippen LogP contribution in [-0.2, 0) is 17.9 Å². The maximum atomic E-state index is 13.9. The number of hydrogen-bond donors (Lipinski definition) is 0. The summed E-state index contributed by atoms with van der Waals surface area (Å²) in [5.41, 5.74) is 2.19. The lowest BCUT2D eigenvalue weighted by Gasteiger charge is -2.14.